The van der Waals surface area contributed by atoms with E-state index in [1.807, 2.05) is 37.3 Å². The molecule has 1 amide bonds. The molecule has 4 aromatic rings. The smallest absolute Gasteiger partial charge is 0.256 e. The second-order valence-corrected chi connectivity index (χ2v) is 7.45. The number of anilines is 1. The Labute approximate surface area is 189 Å². The van der Waals surface area contributed by atoms with E-state index in [4.69, 9.17) is 32.4 Å². The molecule has 0 saturated heterocycles. The highest BCUT2D eigenvalue weighted by atomic mass is 35.5. The summed E-state index contributed by atoms with van der Waals surface area (Å²) >= 11 is 12.1. The third-order valence-corrected chi connectivity index (χ3v) is 5.08. The van der Waals surface area contributed by atoms with Crippen molar-refractivity contribution in [2.24, 2.45) is 0 Å². The molecule has 31 heavy (non-hydrogen) atoms. The van der Waals surface area contributed by atoms with Crippen LogP contribution >= 0.6 is 23.2 Å². The first-order valence-corrected chi connectivity index (χ1v) is 10.4. The second-order valence-electron chi connectivity index (χ2n) is 6.61. The molecular weight excluding hydrogens is 435 g/mol. The molecule has 0 atom stereocenters. The first-order chi connectivity index (χ1) is 15.0. The maximum absolute atomic E-state index is 12.9. The van der Waals surface area contributed by atoms with Crippen molar-refractivity contribution >= 4 is 34.8 Å². The van der Waals surface area contributed by atoms with Crippen molar-refractivity contribution in [1.82, 2.24) is 4.98 Å². The summed E-state index contributed by atoms with van der Waals surface area (Å²) in [7, 11) is 0. The summed E-state index contributed by atoms with van der Waals surface area (Å²) in [6.07, 6.45) is 1.63. The highest BCUT2D eigenvalue weighted by Gasteiger charge is 2.18. The number of hydrogen-bond acceptors (Lipinski definition) is 4. The molecule has 1 aromatic heterocycles. The Hall–Kier alpha value is -3.28. The number of rotatable bonds is 6. The molecule has 0 radical (unpaired) electrons. The van der Waals surface area contributed by atoms with Crippen LogP contribution in [0.15, 0.2) is 77.3 Å². The number of halogens is 2. The van der Waals surface area contributed by atoms with Gasteiger partial charge < -0.3 is 14.5 Å². The number of oxazole rings is 1. The van der Waals surface area contributed by atoms with Gasteiger partial charge in [0.25, 0.3) is 5.91 Å². The minimum atomic E-state index is -0.333. The fraction of sp³-hybridized carbons (Fsp3) is 0.0833. The van der Waals surface area contributed by atoms with E-state index >= 15 is 0 Å². The van der Waals surface area contributed by atoms with Crippen LogP contribution in [-0.2, 0) is 0 Å². The van der Waals surface area contributed by atoms with Crippen molar-refractivity contribution in [3.05, 3.63) is 88.5 Å². The van der Waals surface area contributed by atoms with Gasteiger partial charge in [-0.3, -0.25) is 4.79 Å². The van der Waals surface area contributed by atoms with Crippen molar-refractivity contribution < 1.29 is 13.9 Å². The van der Waals surface area contributed by atoms with Crippen molar-refractivity contribution in [2.45, 2.75) is 6.92 Å². The predicted octanol–water partition coefficient (Wildman–Crippen LogP) is 6.97. The van der Waals surface area contributed by atoms with Gasteiger partial charge in [0.05, 0.1) is 29.1 Å². The molecule has 1 N–H and O–H groups in total. The molecular formula is C24H18Cl2N2O3. The van der Waals surface area contributed by atoms with Gasteiger partial charge in [0.15, 0.2) is 5.76 Å². The Balaban J connectivity index is 1.61. The number of nitrogens with zero attached hydrogens (tertiary/aromatic N) is 1. The quantitative estimate of drug-likeness (QED) is 0.343. The van der Waals surface area contributed by atoms with Crippen LogP contribution in [0.1, 0.15) is 17.3 Å². The zero-order valence-electron chi connectivity index (χ0n) is 16.6. The lowest BCUT2D eigenvalue weighted by Gasteiger charge is -2.10. The molecule has 4 rings (SSSR count). The molecule has 7 heteroatoms. The monoisotopic (exact) mass is 452 g/mol. The van der Waals surface area contributed by atoms with Gasteiger partial charge in [-0.25, -0.2) is 4.98 Å². The normalized spacial score (nSPS) is 10.7. The fourth-order valence-electron chi connectivity index (χ4n) is 3.06. The number of carbonyl (C=O) groups excluding carboxylic acids is 1. The van der Waals surface area contributed by atoms with E-state index in [1.165, 1.54) is 0 Å². The number of amides is 1. The number of carbonyl (C=O) groups is 1. The van der Waals surface area contributed by atoms with Crippen LogP contribution in [0.2, 0.25) is 10.0 Å². The molecule has 5 nitrogen and oxygen atoms in total. The number of nitrogens with one attached hydrogen (secondary N) is 1. The van der Waals surface area contributed by atoms with Crippen molar-refractivity contribution in [2.75, 3.05) is 11.9 Å². The second kappa shape index (κ2) is 9.25. The van der Waals surface area contributed by atoms with E-state index in [0.29, 0.717) is 45.1 Å². The predicted molar refractivity (Wildman–Crippen MR) is 123 cm³/mol. The number of benzene rings is 3. The summed E-state index contributed by atoms with van der Waals surface area (Å²) in [4.78, 5) is 17.3. The Morgan fingerprint density at radius 3 is 2.58 bits per heavy atom. The standard InChI is InChI=1S/C24H18Cl2N2O3/c1-2-30-17-10-7-15(8-11-17)22-14-27-24(31-22)19-6-4-3-5-18(19)23(29)28-21-12-9-16(25)13-20(21)26/h3-14H,2H2,1H3,(H,28,29). The van der Waals surface area contributed by atoms with Crippen LogP contribution < -0.4 is 10.1 Å². The van der Waals surface area contributed by atoms with Gasteiger partial charge >= 0.3 is 0 Å². The van der Waals surface area contributed by atoms with Gasteiger partial charge in [-0.2, -0.15) is 0 Å². The zero-order valence-corrected chi connectivity index (χ0v) is 18.1. The average molecular weight is 453 g/mol. The molecule has 0 fully saturated rings. The molecule has 0 spiro atoms. The van der Waals surface area contributed by atoms with E-state index in [9.17, 15) is 4.79 Å². The number of hydrogen-bond donors (Lipinski definition) is 1. The number of aromatic nitrogens is 1. The zero-order chi connectivity index (χ0) is 21.8. The number of ether oxygens (including phenoxy) is 1. The average Bonchev–Trinajstić information content (AvgIpc) is 3.26. The molecule has 0 bridgehead atoms. The van der Waals surface area contributed by atoms with Crippen LogP contribution in [0.5, 0.6) is 5.75 Å². The fourth-order valence-corrected chi connectivity index (χ4v) is 3.52. The van der Waals surface area contributed by atoms with Crippen LogP contribution in [0.4, 0.5) is 5.69 Å². The van der Waals surface area contributed by atoms with E-state index in [2.05, 4.69) is 10.3 Å². The van der Waals surface area contributed by atoms with Crippen LogP contribution in [0, 0.1) is 0 Å². The lowest BCUT2D eigenvalue weighted by Crippen LogP contribution is -2.13. The van der Waals surface area contributed by atoms with Gasteiger partial charge in [0, 0.05) is 16.1 Å². The first-order valence-electron chi connectivity index (χ1n) is 9.60. The topological polar surface area (TPSA) is 64.4 Å². The minimum Gasteiger partial charge on any atom is -0.494 e. The molecule has 0 aliphatic heterocycles. The molecule has 156 valence electrons. The molecule has 0 aliphatic rings. The molecule has 0 aliphatic carbocycles. The lowest BCUT2D eigenvalue weighted by molar-refractivity contribution is 0.102. The third kappa shape index (κ3) is 4.74. The van der Waals surface area contributed by atoms with Crippen LogP contribution in [0.3, 0.4) is 0 Å². The molecule has 1 heterocycles. The van der Waals surface area contributed by atoms with Crippen LogP contribution in [-0.4, -0.2) is 17.5 Å². The summed E-state index contributed by atoms with van der Waals surface area (Å²) in [6.45, 7) is 2.54. The Bertz CT molecular complexity index is 1220. The maximum Gasteiger partial charge on any atom is 0.256 e. The third-order valence-electron chi connectivity index (χ3n) is 4.54. The molecule has 3 aromatic carbocycles. The van der Waals surface area contributed by atoms with E-state index in [1.54, 1.807) is 42.6 Å². The largest absolute Gasteiger partial charge is 0.494 e. The van der Waals surface area contributed by atoms with Gasteiger partial charge in [-0.05, 0) is 61.5 Å². The molecule has 0 unspecified atom stereocenters. The Kier molecular flexibility index (Phi) is 6.26. The Morgan fingerprint density at radius 2 is 1.84 bits per heavy atom. The highest BCUT2D eigenvalue weighted by molar-refractivity contribution is 6.36. The lowest BCUT2D eigenvalue weighted by atomic mass is 10.1. The van der Waals surface area contributed by atoms with E-state index < -0.39 is 0 Å². The summed E-state index contributed by atoms with van der Waals surface area (Å²) in [6, 6.07) is 19.5. The SMILES string of the molecule is CCOc1ccc(-c2cnc(-c3ccccc3C(=O)Nc3ccc(Cl)cc3Cl)o2)cc1. The minimum absolute atomic E-state index is 0.333. The Morgan fingerprint density at radius 1 is 1.06 bits per heavy atom. The first kappa shape index (κ1) is 21.0. The van der Waals surface area contributed by atoms with Gasteiger partial charge in [-0.15, -0.1) is 0 Å². The summed E-state index contributed by atoms with van der Waals surface area (Å²) < 4.78 is 11.4. The highest BCUT2D eigenvalue weighted by Crippen LogP contribution is 2.31. The van der Waals surface area contributed by atoms with Gasteiger partial charge in [0.2, 0.25) is 5.89 Å². The maximum atomic E-state index is 12.9. The van der Waals surface area contributed by atoms with Gasteiger partial charge in [0.1, 0.15) is 5.75 Å². The van der Waals surface area contributed by atoms with Gasteiger partial charge in [-0.1, -0.05) is 35.3 Å². The van der Waals surface area contributed by atoms with Crippen molar-refractivity contribution in [3.63, 3.8) is 0 Å². The summed E-state index contributed by atoms with van der Waals surface area (Å²) in [5.41, 5.74) is 2.31. The summed E-state index contributed by atoms with van der Waals surface area (Å²) in [5.74, 6) is 1.39. The summed E-state index contributed by atoms with van der Waals surface area (Å²) in [5, 5.41) is 3.65. The van der Waals surface area contributed by atoms with E-state index in [0.717, 1.165) is 11.3 Å². The van der Waals surface area contributed by atoms with Crippen molar-refractivity contribution in [3.8, 4) is 28.5 Å². The van der Waals surface area contributed by atoms with Crippen LogP contribution in [0.25, 0.3) is 22.8 Å². The van der Waals surface area contributed by atoms with E-state index in [-0.39, 0.29) is 5.91 Å². The van der Waals surface area contributed by atoms with Crippen molar-refractivity contribution in [1.29, 1.82) is 0 Å². The molecule has 0 saturated carbocycles.